The first-order valence-corrected chi connectivity index (χ1v) is 5.68. The summed E-state index contributed by atoms with van der Waals surface area (Å²) in [7, 11) is 1.64. The Bertz CT molecular complexity index is 358. The molecule has 0 N–H and O–H groups in total. The molecule has 0 aliphatic carbocycles. The molecule has 17 heavy (non-hydrogen) atoms. The first kappa shape index (κ1) is 12.2. The van der Waals surface area contributed by atoms with Crippen LogP contribution in [0.4, 0.5) is 0 Å². The zero-order valence-electron chi connectivity index (χ0n) is 10.4. The molecular formula is C13H18O4. The molecule has 1 aromatic carbocycles. The smallest absolute Gasteiger partial charge is 0.163 e. The Balaban J connectivity index is 1.82. The highest BCUT2D eigenvalue weighted by Gasteiger charge is 2.32. The summed E-state index contributed by atoms with van der Waals surface area (Å²) in [6.07, 6.45) is -0.00731. The van der Waals surface area contributed by atoms with E-state index in [4.69, 9.17) is 18.9 Å². The van der Waals surface area contributed by atoms with E-state index < -0.39 is 5.79 Å². The lowest BCUT2D eigenvalue weighted by Gasteiger charge is -2.17. The quantitative estimate of drug-likeness (QED) is 0.806. The van der Waals surface area contributed by atoms with Gasteiger partial charge in [0, 0.05) is 0 Å². The van der Waals surface area contributed by atoms with Crippen LogP contribution in [0.2, 0.25) is 0 Å². The fourth-order valence-corrected chi connectivity index (χ4v) is 1.71. The van der Waals surface area contributed by atoms with Gasteiger partial charge in [-0.05, 0) is 38.1 Å². The van der Waals surface area contributed by atoms with Crippen LogP contribution in [0.25, 0.3) is 0 Å². The van der Waals surface area contributed by atoms with Crippen LogP contribution >= 0.6 is 0 Å². The van der Waals surface area contributed by atoms with E-state index in [-0.39, 0.29) is 6.10 Å². The number of hydrogen-bond donors (Lipinski definition) is 0. The molecule has 0 radical (unpaired) electrons. The van der Waals surface area contributed by atoms with Gasteiger partial charge in [-0.2, -0.15) is 0 Å². The molecular weight excluding hydrogens is 220 g/mol. The molecule has 4 heteroatoms. The maximum atomic E-state index is 5.64. The average Bonchev–Trinajstić information content (AvgIpc) is 2.67. The molecule has 0 spiro atoms. The van der Waals surface area contributed by atoms with Gasteiger partial charge in [-0.3, -0.25) is 0 Å². The van der Waals surface area contributed by atoms with E-state index in [9.17, 15) is 0 Å². The average molecular weight is 238 g/mol. The molecule has 1 aromatic rings. The van der Waals surface area contributed by atoms with Crippen molar-refractivity contribution in [2.75, 3.05) is 20.3 Å². The molecule has 1 heterocycles. The van der Waals surface area contributed by atoms with Gasteiger partial charge in [-0.1, -0.05) is 0 Å². The minimum absolute atomic E-state index is 0.00731. The molecule has 0 amide bonds. The highest BCUT2D eigenvalue weighted by molar-refractivity contribution is 5.31. The van der Waals surface area contributed by atoms with Crippen LogP contribution in [0, 0.1) is 0 Å². The molecule has 0 unspecified atom stereocenters. The van der Waals surface area contributed by atoms with Crippen molar-refractivity contribution in [3.8, 4) is 11.5 Å². The van der Waals surface area contributed by atoms with Crippen molar-refractivity contribution in [1.29, 1.82) is 0 Å². The highest BCUT2D eigenvalue weighted by Crippen LogP contribution is 2.23. The summed E-state index contributed by atoms with van der Waals surface area (Å²) in [5, 5.41) is 0. The predicted octanol–water partition coefficient (Wildman–Crippen LogP) is 2.23. The summed E-state index contributed by atoms with van der Waals surface area (Å²) in [6, 6.07) is 7.48. The lowest BCUT2D eigenvalue weighted by Crippen LogP contribution is -2.25. The largest absolute Gasteiger partial charge is 0.497 e. The van der Waals surface area contributed by atoms with Crippen molar-refractivity contribution < 1.29 is 18.9 Å². The molecule has 4 nitrogen and oxygen atoms in total. The van der Waals surface area contributed by atoms with Crippen LogP contribution in [0.5, 0.6) is 11.5 Å². The molecule has 1 atom stereocenters. The van der Waals surface area contributed by atoms with Crippen LogP contribution in [-0.2, 0) is 9.47 Å². The third kappa shape index (κ3) is 3.35. The normalized spacial score (nSPS) is 22.4. The van der Waals surface area contributed by atoms with E-state index >= 15 is 0 Å². The van der Waals surface area contributed by atoms with Crippen molar-refractivity contribution >= 4 is 0 Å². The van der Waals surface area contributed by atoms with Gasteiger partial charge in [0.1, 0.15) is 24.2 Å². The standard InChI is InChI=1S/C13H18O4/c1-13(2)16-9-12(17-13)8-15-11-6-4-10(14-3)5-7-11/h4-7,12H,8-9H2,1-3H3/t12-/m0/s1. The molecule has 1 aliphatic rings. The third-order valence-electron chi connectivity index (χ3n) is 2.56. The van der Waals surface area contributed by atoms with Crippen LogP contribution in [0.15, 0.2) is 24.3 Å². The lowest BCUT2D eigenvalue weighted by molar-refractivity contribution is -0.141. The molecule has 0 aromatic heterocycles. The van der Waals surface area contributed by atoms with Gasteiger partial charge >= 0.3 is 0 Å². The van der Waals surface area contributed by atoms with Gasteiger partial charge in [-0.25, -0.2) is 0 Å². The number of ether oxygens (including phenoxy) is 4. The summed E-state index contributed by atoms with van der Waals surface area (Å²) >= 11 is 0. The van der Waals surface area contributed by atoms with E-state index in [0.29, 0.717) is 13.2 Å². The van der Waals surface area contributed by atoms with Gasteiger partial charge in [0.25, 0.3) is 0 Å². The molecule has 0 bridgehead atoms. The summed E-state index contributed by atoms with van der Waals surface area (Å²) in [6.45, 7) is 4.87. The summed E-state index contributed by atoms with van der Waals surface area (Å²) < 4.78 is 21.8. The van der Waals surface area contributed by atoms with Crippen LogP contribution < -0.4 is 9.47 Å². The fourth-order valence-electron chi connectivity index (χ4n) is 1.71. The third-order valence-corrected chi connectivity index (χ3v) is 2.56. The van der Waals surface area contributed by atoms with Crippen molar-refractivity contribution in [3.05, 3.63) is 24.3 Å². The maximum absolute atomic E-state index is 5.64. The van der Waals surface area contributed by atoms with Crippen molar-refractivity contribution in [1.82, 2.24) is 0 Å². The first-order valence-electron chi connectivity index (χ1n) is 5.68. The van der Waals surface area contributed by atoms with Gasteiger partial charge in [0.2, 0.25) is 0 Å². The Morgan fingerprint density at radius 2 is 1.88 bits per heavy atom. The first-order chi connectivity index (χ1) is 8.09. The number of benzene rings is 1. The molecule has 94 valence electrons. The molecule has 1 aliphatic heterocycles. The Hall–Kier alpha value is -1.26. The Kier molecular flexibility index (Phi) is 3.54. The second-order valence-corrected chi connectivity index (χ2v) is 4.44. The maximum Gasteiger partial charge on any atom is 0.163 e. The number of methoxy groups -OCH3 is 1. The monoisotopic (exact) mass is 238 g/mol. The molecule has 1 fully saturated rings. The Labute approximate surface area is 101 Å². The Morgan fingerprint density at radius 1 is 1.24 bits per heavy atom. The van der Waals surface area contributed by atoms with Crippen LogP contribution in [0.1, 0.15) is 13.8 Å². The molecule has 2 rings (SSSR count). The zero-order valence-corrected chi connectivity index (χ0v) is 10.4. The van der Waals surface area contributed by atoms with Crippen molar-refractivity contribution in [2.45, 2.75) is 25.7 Å². The van der Waals surface area contributed by atoms with Gasteiger partial charge in [0.15, 0.2) is 5.79 Å². The topological polar surface area (TPSA) is 36.9 Å². The molecule has 0 saturated carbocycles. The van der Waals surface area contributed by atoms with Gasteiger partial charge < -0.3 is 18.9 Å². The minimum atomic E-state index is -0.492. The van der Waals surface area contributed by atoms with Crippen molar-refractivity contribution in [3.63, 3.8) is 0 Å². The number of hydrogen-bond acceptors (Lipinski definition) is 4. The summed E-state index contributed by atoms with van der Waals surface area (Å²) in [5.41, 5.74) is 0. The van der Waals surface area contributed by atoms with Crippen LogP contribution in [-0.4, -0.2) is 32.2 Å². The Morgan fingerprint density at radius 3 is 2.41 bits per heavy atom. The van der Waals surface area contributed by atoms with E-state index in [2.05, 4.69) is 0 Å². The second-order valence-electron chi connectivity index (χ2n) is 4.44. The van der Waals surface area contributed by atoms with E-state index in [1.807, 2.05) is 38.1 Å². The van der Waals surface area contributed by atoms with Gasteiger partial charge in [-0.15, -0.1) is 0 Å². The minimum Gasteiger partial charge on any atom is -0.497 e. The fraction of sp³-hybridized carbons (Fsp3) is 0.538. The van der Waals surface area contributed by atoms with Crippen molar-refractivity contribution in [2.24, 2.45) is 0 Å². The lowest BCUT2D eigenvalue weighted by atomic mass is 10.3. The predicted molar refractivity (Wildman–Crippen MR) is 63.4 cm³/mol. The summed E-state index contributed by atoms with van der Waals surface area (Å²) in [4.78, 5) is 0. The van der Waals surface area contributed by atoms with Gasteiger partial charge in [0.05, 0.1) is 13.7 Å². The number of rotatable bonds is 4. The summed E-state index contributed by atoms with van der Waals surface area (Å²) in [5.74, 6) is 1.13. The van der Waals surface area contributed by atoms with Crippen LogP contribution in [0.3, 0.4) is 0 Å². The molecule has 1 saturated heterocycles. The SMILES string of the molecule is COc1ccc(OC[C@H]2COC(C)(C)O2)cc1. The van der Waals surface area contributed by atoms with E-state index in [1.165, 1.54) is 0 Å². The highest BCUT2D eigenvalue weighted by atomic mass is 16.7. The second kappa shape index (κ2) is 4.94. The zero-order chi connectivity index (χ0) is 12.3. The van der Waals surface area contributed by atoms with E-state index in [1.54, 1.807) is 7.11 Å². The van der Waals surface area contributed by atoms with E-state index in [0.717, 1.165) is 11.5 Å².